The van der Waals surface area contributed by atoms with Crippen molar-refractivity contribution in [2.45, 2.75) is 25.8 Å². The van der Waals surface area contributed by atoms with E-state index in [-0.39, 0.29) is 11.9 Å². The summed E-state index contributed by atoms with van der Waals surface area (Å²) in [6, 6.07) is 4.21. The molecule has 0 aliphatic rings. The van der Waals surface area contributed by atoms with E-state index in [2.05, 4.69) is 5.92 Å². The van der Waals surface area contributed by atoms with Crippen molar-refractivity contribution >= 4 is 0 Å². The van der Waals surface area contributed by atoms with Crippen molar-refractivity contribution in [1.29, 1.82) is 0 Å². The van der Waals surface area contributed by atoms with Crippen LogP contribution in [0.4, 0.5) is 4.39 Å². The van der Waals surface area contributed by atoms with Gasteiger partial charge in [-0.25, -0.2) is 4.39 Å². The van der Waals surface area contributed by atoms with Crippen LogP contribution >= 0.6 is 0 Å². The average Bonchev–Trinajstić information content (AvgIpc) is 2.24. The quantitative estimate of drug-likeness (QED) is 0.612. The molecule has 3 heteroatoms. The average molecular weight is 221 g/mol. The van der Waals surface area contributed by atoms with Crippen molar-refractivity contribution in [2.75, 3.05) is 6.61 Å². The lowest BCUT2D eigenvalue weighted by Gasteiger charge is -2.13. The fraction of sp³-hybridized carbons (Fsp3) is 0.385. The van der Waals surface area contributed by atoms with Crippen LogP contribution in [0.3, 0.4) is 0 Å². The number of rotatable bonds is 5. The molecule has 0 fully saturated rings. The summed E-state index contributed by atoms with van der Waals surface area (Å²) in [7, 11) is 0. The topological polar surface area (TPSA) is 35.2 Å². The van der Waals surface area contributed by atoms with Gasteiger partial charge in [0.2, 0.25) is 0 Å². The minimum Gasteiger partial charge on any atom is -0.493 e. The lowest BCUT2D eigenvalue weighted by Crippen LogP contribution is -2.09. The minimum absolute atomic E-state index is 0.178. The van der Waals surface area contributed by atoms with Crippen molar-refractivity contribution in [3.05, 3.63) is 29.6 Å². The van der Waals surface area contributed by atoms with Crippen molar-refractivity contribution in [1.82, 2.24) is 0 Å². The number of nitrogens with two attached hydrogens (primary N) is 1. The van der Waals surface area contributed by atoms with Gasteiger partial charge in [0.1, 0.15) is 11.6 Å². The number of halogens is 1. The number of hydrogen-bond donors (Lipinski definition) is 1. The lowest BCUT2D eigenvalue weighted by atomic mass is 10.1. The van der Waals surface area contributed by atoms with Gasteiger partial charge in [0.05, 0.1) is 6.61 Å². The summed E-state index contributed by atoms with van der Waals surface area (Å²) in [5.74, 6) is 2.71. The van der Waals surface area contributed by atoms with Crippen molar-refractivity contribution in [3.63, 3.8) is 0 Å². The molecular formula is C13H16FNO. The first-order valence-corrected chi connectivity index (χ1v) is 5.26. The van der Waals surface area contributed by atoms with Gasteiger partial charge in [0.15, 0.2) is 0 Å². The molecular weight excluding hydrogens is 205 g/mol. The van der Waals surface area contributed by atoms with Crippen LogP contribution in [0, 0.1) is 18.2 Å². The summed E-state index contributed by atoms with van der Waals surface area (Å²) in [4.78, 5) is 0. The van der Waals surface area contributed by atoms with E-state index in [1.54, 1.807) is 6.07 Å². The third-order valence-electron chi connectivity index (χ3n) is 2.19. The standard InChI is InChI=1S/C13H16FNO/c1-3-4-5-8-16-13-9-11(14)6-7-12(13)10(2)15/h1,6-7,9-10H,4-5,8,15H2,2H3/t10-/m0/s1. The van der Waals surface area contributed by atoms with E-state index < -0.39 is 0 Å². The Balaban J connectivity index is 2.69. The fourth-order valence-corrected chi connectivity index (χ4v) is 1.37. The van der Waals surface area contributed by atoms with Crippen molar-refractivity contribution in [3.8, 4) is 18.1 Å². The van der Waals surface area contributed by atoms with Crippen LogP contribution in [-0.4, -0.2) is 6.61 Å². The van der Waals surface area contributed by atoms with Gasteiger partial charge < -0.3 is 10.5 Å². The number of benzene rings is 1. The van der Waals surface area contributed by atoms with E-state index in [0.29, 0.717) is 18.8 Å². The predicted octanol–water partition coefficient (Wildman–Crippen LogP) is 2.64. The van der Waals surface area contributed by atoms with Crippen LogP contribution in [0.15, 0.2) is 18.2 Å². The Morgan fingerprint density at radius 1 is 1.56 bits per heavy atom. The highest BCUT2D eigenvalue weighted by molar-refractivity contribution is 5.36. The molecule has 86 valence electrons. The first kappa shape index (κ1) is 12.5. The Bertz CT molecular complexity index is 382. The molecule has 0 radical (unpaired) electrons. The highest BCUT2D eigenvalue weighted by Crippen LogP contribution is 2.24. The Morgan fingerprint density at radius 3 is 2.94 bits per heavy atom. The van der Waals surface area contributed by atoms with Gasteiger partial charge >= 0.3 is 0 Å². The van der Waals surface area contributed by atoms with Crippen molar-refractivity contribution in [2.24, 2.45) is 5.73 Å². The normalized spacial score (nSPS) is 11.9. The molecule has 0 aliphatic heterocycles. The van der Waals surface area contributed by atoms with Crippen LogP contribution in [0.25, 0.3) is 0 Å². The number of ether oxygens (including phenoxy) is 1. The molecule has 2 nitrogen and oxygen atoms in total. The van der Waals surface area contributed by atoms with Gasteiger partial charge in [0, 0.05) is 24.1 Å². The lowest BCUT2D eigenvalue weighted by molar-refractivity contribution is 0.306. The Morgan fingerprint density at radius 2 is 2.31 bits per heavy atom. The first-order chi connectivity index (χ1) is 7.65. The zero-order valence-corrected chi connectivity index (χ0v) is 9.37. The maximum absolute atomic E-state index is 13.0. The maximum atomic E-state index is 13.0. The van der Waals surface area contributed by atoms with E-state index >= 15 is 0 Å². The molecule has 2 N–H and O–H groups in total. The molecule has 0 aliphatic carbocycles. The molecule has 0 saturated heterocycles. The Kier molecular flexibility index (Phi) is 4.81. The molecule has 0 unspecified atom stereocenters. The first-order valence-electron chi connectivity index (χ1n) is 5.26. The van der Waals surface area contributed by atoms with Gasteiger partial charge in [0.25, 0.3) is 0 Å². The number of terminal acetylenes is 1. The zero-order chi connectivity index (χ0) is 12.0. The molecule has 0 spiro atoms. The number of unbranched alkanes of at least 4 members (excludes halogenated alkanes) is 1. The van der Waals surface area contributed by atoms with Crippen LogP contribution < -0.4 is 10.5 Å². The second kappa shape index (κ2) is 6.14. The molecule has 1 aromatic rings. The summed E-state index contributed by atoms with van der Waals surface area (Å²) >= 11 is 0. The van der Waals surface area contributed by atoms with E-state index in [4.69, 9.17) is 16.9 Å². The third-order valence-corrected chi connectivity index (χ3v) is 2.19. The van der Waals surface area contributed by atoms with E-state index in [1.807, 2.05) is 6.92 Å². The summed E-state index contributed by atoms with van der Waals surface area (Å²) in [5.41, 5.74) is 6.57. The van der Waals surface area contributed by atoms with Gasteiger partial charge in [-0.1, -0.05) is 6.07 Å². The summed E-state index contributed by atoms with van der Waals surface area (Å²) < 4.78 is 18.5. The second-order valence-electron chi connectivity index (χ2n) is 3.63. The largest absolute Gasteiger partial charge is 0.493 e. The molecule has 1 aromatic carbocycles. The van der Waals surface area contributed by atoms with Crippen LogP contribution in [0.2, 0.25) is 0 Å². The highest BCUT2D eigenvalue weighted by atomic mass is 19.1. The molecule has 1 atom stereocenters. The summed E-state index contributed by atoms with van der Waals surface area (Å²) in [6.45, 7) is 2.31. The van der Waals surface area contributed by atoms with E-state index in [1.165, 1.54) is 12.1 Å². The van der Waals surface area contributed by atoms with Crippen LogP contribution in [0.5, 0.6) is 5.75 Å². The van der Waals surface area contributed by atoms with Gasteiger partial charge in [-0.05, 0) is 19.4 Å². The summed E-state index contributed by atoms with van der Waals surface area (Å²) in [6.07, 6.45) is 6.54. The van der Waals surface area contributed by atoms with E-state index in [0.717, 1.165) is 12.0 Å². The van der Waals surface area contributed by atoms with Gasteiger partial charge in [-0.15, -0.1) is 12.3 Å². The van der Waals surface area contributed by atoms with Crippen LogP contribution in [0.1, 0.15) is 31.4 Å². The molecule has 1 rings (SSSR count). The number of hydrogen-bond acceptors (Lipinski definition) is 2. The van der Waals surface area contributed by atoms with Gasteiger partial charge in [-0.3, -0.25) is 0 Å². The SMILES string of the molecule is C#CCCCOc1cc(F)ccc1[C@H](C)N. The predicted molar refractivity (Wildman–Crippen MR) is 62.6 cm³/mol. The van der Waals surface area contributed by atoms with Crippen LogP contribution in [-0.2, 0) is 0 Å². The highest BCUT2D eigenvalue weighted by Gasteiger charge is 2.09. The molecule has 0 aromatic heterocycles. The molecule has 0 heterocycles. The third kappa shape index (κ3) is 3.56. The van der Waals surface area contributed by atoms with E-state index in [9.17, 15) is 4.39 Å². The maximum Gasteiger partial charge on any atom is 0.126 e. The Labute approximate surface area is 95.6 Å². The molecule has 0 saturated carbocycles. The molecule has 0 bridgehead atoms. The molecule has 0 amide bonds. The smallest absolute Gasteiger partial charge is 0.126 e. The van der Waals surface area contributed by atoms with Gasteiger partial charge in [-0.2, -0.15) is 0 Å². The zero-order valence-electron chi connectivity index (χ0n) is 9.37. The Hall–Kier alpha value is -1.53. The fourth-order valence-electron chi connectivity index (χ4n) is 1.37. The monoisotopic (exact) mass is 221 g/mol. The van der Waals surface area contributed by atoms with Crippen molar-refractivity contribution < 1.29 is 9.13 Å². The minimum atomic E-state index is -0.323. The summed E-state index contributed by atoms with van der Waals surface area (Å²) in [5, 5.41) is 0. The second-order valence-corrected chi connectivity index (χ2v) is 3.63. The molecule has 16 heavy (non-hydrogen) atoms.